The molecule has 1 aromatic carbocycles. The Hall–Kier alpha value is -1.33. The molecule has 0 bridgehead atoms. The summed E-state index contributed by atoms with van der Waals surface area (Å²) in [6, 6.07) is 4.28. The van der Waals surface area contributed by atoms with Gasteiger partial charge in [0.15, 0.2) is 5.13 Å². The van der Waals surface area contributed by atoms with Crippen molar-refractivity contribution in [3.8, 4) is 0 Å². The van der Waals surface area contributed by atoms with Gasteiger partial charge in [0.1, 0.15) is 5.82 Å². The van der Waals surface area contributed by atoms with Crippen LogP contribution in [0.4, 0.5) is 9.52 Å². The number of nitrogens with zero attached hydrogens (tertiary/aromatic N) is 4. The first-order valence-electron chi connectivity index (χ1n) is 8.65. The van der Waals surface area contributed by atoms with Crippen molar-refractivity contribution in [1.29, 1.82) is 0 Å². The van der Waals surface area contributed by atoms with Crippen LogP contribution in [0.2, 0.25) is 0 Å². The zero-order chi connectivity index (χ0) is 20.2. The lowest BCUT2D eigenvalue weighted by atomic mass is 10.3. The van der Waals surface area contributed by atoms with E-state index in [1.807, 2.05) is 13.8 Å². The van der Waals surface area contributed by atoms with E-state index in [1.54, 1.807) is 6.07 Å². The molecule has 11 heteroatoms. The Morgan fingerprint density at radius 2 is 1.86 bits per heavy atom. The SMILES string of the molecule is CCN(CC)CCN(C(=O)CN(C)S(C)(=O)=O)c1nc2ccc(F)cc2s1.Cl. The average molecular weight is 453 g/mol. The fraction of sp³-hybridized carbons (Fsp3) is 0.529. The summed E-state index contributed by atoms with van der Waals surface area (Å²) in [7, 11) is -2.11. The Morgan fingerprint density at radius 1 is 1.21 bits per heavy atom. The molecule has 1 amide bonds. The Morgan fingerprint density at radius 3 is 2.43 bits per heavy atom. The van der Waals surface area contributed by atoms with Gasteiger partial charge < -0.3 is 4.90 Å². The smallest absolute Gasteiger partial charge is 0.244 e. The molecule has 0 radical (unpaired) electrons. The lowest BCUT2D eigenvalue weighted by Gasteiger charge is -2.26. The molecule has 0 spiro atoms. The van der Waals surface area contributed by atoms with E-state index in [0.29, 0.717) is 28.4 Å². The van der Waals surface area contributed by atoms with Gasteiger partial charge in [0.2, 0.25) is 15.9 Å². The summed E-state index contributed by atoms with van der Waals surface area (Å²) in [5.41, 5.74) is 0.605. The number of benzene rings is 1. The highest BCUT2D eigenvalue weighted by Crippen LogP contribution is 2.29. The van der Waals surface area contributed by atoms with Crippen LogP contribution in [0, 0.1) is 5.82 Å². The van der Waals surface area contributed by atoms with Crippen molar-refractivity contribution in [2.75, 3.05) is 50.9 Å². The average Bonchev–Trinajstić information content (AvgIpc) is 3.00. The predicted octanol–water partition coefficient (Wildman–Crippen LogP) is 2.42. The van der Waals surface area contributed by atoms with E-state index >= 15 is 0 Å². The number of fused-ring (bicyclic) bond motifs is 1. The van der Waals surface area contributed by atoms with Crippen molar-refractivity contribution in [3.63, 3.8) is 0 Å². The number of rotatable bonds is 9. The number of carbonyl (C=O) groups excluding carboxylic acids is 1. The summed E-state index contributed by atoms with van der Waals surface area (Å²) >= 11 is 1.22. The number of likely N-dealkylation sites (N-methyl/N-ethyl adjacent to an activating group) is 2. The second-order valence-corrected chi connectivity index (χ2v) is 9.30. The van der Waals surface area contributed by atoms with Crippen molar-refractivity contribution in [3.05, 3.63) is 24.0 Å². The molecular weight excluding hydrogens is 427 g/mol. The second-order valence-electron chi connectivity index (χ2n) is 6.20. The van der Waals surface area contributed by atoms with Crippen LogP contribution in [0.15, 0.2) is 18.2 Å². The van der Waals surface area contributed by atoms with E-state index in [1.165, 1.54) is 35.4 Å². The first-order chi connectivity index (χ1) is 12.7. The number of sulfonamides is 1. The van der Waals surface area contributed by atoms with Crippen LogP contribution in [0.5, 0.6) is 0 Å². The molecule has 0 aliphatic rings. The molecule has 0 atom stereocenters. The molecule has 1 heterocycles. The van der Waals surface area contributed by atoms with Gasteiger partial charge in [0, 0.05) is 20.1 Å². The van der Waals surface area contributed by atoms with Gasteiger partial charge in [-0.2, -0.15) is 4.31 Å². The van der Waals surface area contributed by atoms with E-state index < -0.39 is 10.0 Å². The largest absolute Gasteiger partial charge is 0.302 e. The number of hydrogen-bond donors (Lipinski definition) is 0. The Bertz CT molecular complexity index is 903. The molecule has 2 rings (SSSR count). The zero-order valence-electron chi connectivity index (χ0n) is 16.4. The highest BCUT2D eigenvalue weighted by Gasteiger charge is 2.24. The molecule has 0 saturated carbocycles. The van der Waals surface area contributed by atoms with Gasteiger partial charge in [-0.05, 0) is 31.3 Å². The summed E-state index contributed by atoms with van der Waals surface area (Å²) < 4.78 is 38.4. The van der Waals surface area contributed by atoms with Crippen molar-refractivity contribution in [2.45, 2.75) is 13.8 Å². The van der Waals surface area contributed by atoms with Crippen molar-refractivity contribution >= 4 is 55.0 Å². The number of anilines is 1. The fourth-order valence-electron chi connectivity index (χ4n) is 2.50. The molecular formula is C17H26ClFN4O3S2. The van der Waals surface area contributed by atoms with E-state index in [2.05, 4.69) is 9.88 Å². The topological polar surface area (TPSA) is 73.8 Å². The lowest BCUT2D eigenvalue weighted by Crippen LogP contribution is -2.44. The Balaban J connectivity index is 0.00000392. The van der Waals surface area contributed by atoms with Crippen LogP contribution in [0.25, 0.3) is 10.2 Å². The van der Waals surface area contributed by atoms with Gasteiger partial charge in [0.25, 0.3) is 0 Å². The third-order valence-corrected chi connectivity index (χ3v) is 6.63. The van der Waals surface area contributed by atoms with Crippen LogP contribution in [0.3, 0.4) is 0 Å². The number of aromatic nitrogens is 1. The van der Waals surface area contributed by atoms with Crippen LogP contribution < -0.4 is 4.90 Å². The molecule has 1 aromatic heterocycles. The third-order valence-electron chi connectivity index (χ3n) is 4.33. The van der Waals surface area contributed by atoms with E-state index in [-0.39, 0.29) is 30.7 Å². The van der Waals surface area contributed by atoms with Crippen molar-refractivity contribution in [1.82, 2.24) is 14.2 Å². The number of hydrogen-bond acceptors (Lipinski definition) is 6. The summed E-state index contributed by atoms with van der Waals surface area (Å²) in [5, 5.41) is 0.439. The minimum absolute atomic E-state index is 0. The third kappa shape index (κ3) is 6.35. The molecule has 28 heavy (non-hydrogen) atoms. The number of thiazole rings is 1. The van der Waals surface area contributed by atoms with Gasteiger partial charge in [-0.3, -0.25) is 9.69 Å². The van der Waals surface area contributed by atoms with Crippen molar-refractivity contribution in [2.24, 2.45) is 0 Å². The summed E-state index contributed by atoms with van der Waals surface area (Å²) in [6.07, 6.45) is 1.06. The number of amides is 1. The zero-order valence-corrected chi connectivity index (χ0v) is 18.8. The molecule has 0 N–H and O–H groups in total. The van der Waals surface area contributed by atoms with Crippen LogP contribution >= 0.6 is 23.7 Å². The molecule has 0 saturated heterocycles. The van der Waals surface area contributed by atoms with Crippen LogP contribution in [-0.2, 0) is 14.8 Å². The van der Waals surface area contributed by atoms with Crippen molar-refractivity contribution < 1.29 is 17.6 Å². The summed E-state index contributed by atoms with van der Waals surface area (Å²) in [5.74, 6) is -0.731. The second kappa shape index (κ2) is 10.4. The van der Waals surface area contributed by atoms with Crippen LogP contribution in [0.1, 0.15) is 13.8 Å². The standard InChI is InChI=1S/C17H25FN4O3S2.ClH/c1-5-21(6-2)9-10-22(16(23)12-20(3)27(4,24)25)17-19-14-8-7-13(18)11-15(14)26-17;/h7-8,11H,5-6,9-10,12H2,1-4H3;1H. The van der Waals surface area contributed by atoms with E-state index in [4.69, 9.17) is 0 Å². The lowest BCUT2D eigenvalue weighted by molar-refractivity contribution is -0.118. The molecule has 7 nitrogen and oxygen atoms in total. The van der Waals surface area contributed by atoms with Gasteiger partial charge in [-0.15, -0.1) is 12.4 Å². The first kappa shape index (κ1) is 24.7. The molecule has 158 valence electrons. The first-order valence-corrected chi connectivity index (χ1v) is 11.3. The van der Waals surface area contributed by atoms with Gasteiger partial charge in [-0.25, -0.2) is 17.8 Å². The molecule has 0 aliphatic carbocycles. The molecule has 0 unspecified atom stereocenters. The van der Waals surface area contributed by atoms with Gasteiger partial charge >= 0.3 is 0 Å². The summed E-state index contributed by atoms with van der Waals surface area (Å²) in [6.45, 7) is 6.48. The highest BCUT2D eigenvalue weighted by molar-refractivity contribution is 7.88. The Labute approximate surface area is 175 Å². The quantitative estimate of drug-likeness (QED) is 0.584. The predicted molar refractivity (Wildman–Crippen MR) is 114 cm³/mol. The molecule has 0 aliphatic heterocycles. The minimum Gasteiger partial charge on any atom is -0.302 e. The number of halogens is 2. The minimum atomic E-state index is -3.48. The summed E-state index contributed by atoms with van der Waals surface area (Å²) in [4.78, 5) is 20.9. The van der Waals surface area contributed by atoms with Gasteiger partial charge in [-0.1, -0.05) is 25.2 Å². The maximum Gasteiger partial charge on any atom is 0.244 e. The van der Waals surface area contributed by atoms with Gasteiger partial charge in [0.05, 0.1) is 23.0 Å². The monoisotopic (exact) mass is 452 g/mol. The molecule has 2 aromatic rings. The van der Waals surface area contributed by atoms with E-state index in [9.17, 15) is 17.6 Å². The Kier molecular flexibility index (Phi) is 9.22. The fourth-order valence-corrected chi connectivity index (χ4v) is 3.88. The van der Waals surface area contributed by atoms with E-state index in [0.717, 1.165) is 23.7 Å². The maximum absolute atomic E-state index is 13.5. The molecule has 0 fully saturated rings. The maximum atomic E-state index is 13.5. The normalized spacial score (nSPS) is 11.8. The number of carbonyl (C=O) groups is 1. The van der Waals surface area contributed by atoms with Crippen LogP contribution in [-0.4, -0.2) is 74.5 Å². The highest BCUT2D eigenvalue weighted by atomic mass is 35.5.